The second-order valence-corrected chi connectivity index (χ2v) is 4.78. The molecule has 1 aromatic carbocycles. The highest BCUT2D eigenvalue weighted by Gasteiger charge is 2.13. The van der Waals surface area contributed by atoms with E-state index in [4.69, 9.17) is 5.11 Å². The van der Waals surface area contributed by atoms with Crippen LogP contribution in [0.4, 0.5) is 0 Å². The predicted molar refractivity (Wildman–Crippen MR) is 70.8 cm³/mol. The normalized spacial score (nSPS) is 12.1. The van der Waals surface area contributed by atoms with E-state index in [9.17, 15) is 9.59 Å². The Morgan fingerprint density at radius 3 is 2.28 bits per heavy atom. The molecule has 0 bridgehead atoms. The average Bonchev–Trinajstić information content (AvgIpc) is 2.29. The summed E-state index contributed by atoms with van der Waals surface area (Å²) in [6, 6.07) is 7.61. The van der Waals surface area contributed by atoms with Crippen LogP contribution in [0, 0.1) is 5.92 Å². The van der Waals surface area contributed by atoms with Gasteiger partial charge in [0.1, 0.15) is 0 Å². The van der Waals surface area contributed by atoms with Gasteiger partial charge in [0.15, 0.2) is 5.78 Å². The van der Waals surface area contributed by atoms with Crippen molar-refractivity contribution in [2.24, 2.45) is 5.92 Å². The summed E-state index contributed by atoms with van der Waals surface area (Å²) in [4.78, 5) is 22.4. The fourth-order valence-electron chi connectivity index (χ4n) is 1.95. The van der Waals surface area contributed by atoms with Crippen molar-refractivity contribution in [3.8, 4) is 0 Å². The number of hydrogen-bond donors (Lipinski definition) is 1. The molecule has 1 aromatic rings. The molecule has 0 heterocycles. The maximum Gasteiger partial charge on any atom is 0.303 e. The van der Waals surface area contributed by atoms with Crippen LogP contribution < -0.4 is 0 Å². The minimum Gasteiger partial charge on any atom is -0.481 e. The van der Waals surface area contributed by atoms with Gasteiger partial charge in [0.2, 0.25) is 0 Å². The van der Waals surface area contributed by atoms with Crippen LogP contribution in [0.5, 0.6) is 0 Å². The van der Waals surface area contributed by atoms with Crippen LogP contribution in [0.15, 0.2) is 24.3 Å². The first kappa shape index (κ1) is 14.4. The third-order valence-electron chi connectivity index (χ3n) is 2.87. The Morgan fingerprint density at radius 1 is 1.17 bits per heavy atom. The van der Waals surface area contributed by atoms with Gasteiger partial charge < -0.3 is 5.11 Å². The van der Waals surface area contributed by atoms with Crippen molar-refractivity contribution in [3.63, 3.8) is 0 Å². The van der Waals surface area contributed by atoms with Crippen LogP contribution in [0.3, 0.4) is 0 Å². The summed E-state index contributed by atoms with van der Waals surface area (Å²) in [5, 5.41) is 8.65. The van der Waals surface area contributed by atoms with E-state index in [1.807, 2.05) is 24.3 Å². The van der Waals surface area contributed by atoms with E-state index in [1.165, 1.54) is 5.56 Å². The van der Waals surface area contributed by atoms with Crippen LogP contribution in [0.1, 0.15) is 49.0 Å². The Hall–Kier alpha value is -1.64. The van der Waals surface area contributed by atoms with Crippen LogP contribution >= 0.6 is 0 Å². The number of rotatable bonds is 7. The Kier molecular flexibility index (Phi) is 5.56. The van der Waals surface area contributed by atoms with Gasteiger partial charge in [-0.1, -0.05) is 44.5 Å². The van der Waals surface area contributed by atoms with Gasteiger partial charge in [-0.05, 0) is 17.9 Å². The van der Waals surface area contributed by atoms with Crippen LogP contribution in [-0.4, -0.2) is 16.9 Å². The molecule has 18 heavy (non-hydrogen) atoms. The predicted octanol–water partition coefficient (Wildman–Crippen LogP) is 3.32. The monoisotopic (exact) mass is 248 g/mol. The van der Waals surface area contributed by atoms with Crippen LogP contribution in [0.25, 0.3) is 0 Å². The summed E-state index contributed by atoms with van der Waals surface area (Å²) in [7, 11) is 0. The third kappa shape index (κ3) is 4.70. The Labute approximate surface area is 108 Å². The van der Waals surface area contributed by atoms with E-state index < -0.39 is 5.97 Å². The number of carbonyl (C=O) groups excluding carboxylic acids is 1. The molecule has 0 aliphatic carbocycles. The highest BCUT2D eigenvalue weighted by atomic mass is 16.4. The van der Waals surface area contributed by atoms with Crippen molar-refractivity contribution < 1.29 is 14.7 Å². The lowest BCUT2D eigenvalue weighted by Crippen LogP contribution is -2.10. The molecule has 0 amide bonds. The number of aliphatic carboxylic acids is 1. The van der Waals surface area contributed by atoms with Gasteiger partial charge in [0, 0.05) is 18.4 Å². The number of ketones is 1. The number of carboxylic acid groups (broad SMARTS) is 1. The lowest BCUT2D eigenvalue weighted by Gasteiger charge is -2.08. The summed E-state index contributed by atoms with van der Waals surface area (Å²) in [5.41, 5.74) is 1.90. The van der Waals surface area contributed by atoms with E-state index >= 15 is 0 Å². The Balaban J connectivity index is 2.58. The number of benzene rings is 1. The molecule has 0 unspecified atom stereocenters. The maximum atomic E-state index is 11.9. The van der Waals surface area contributed by atoms with Gasteiger partial charge >= 0.3 is 5.97 Å². The van der Waals surface area contributed by atoms with Gasteiger partial charge in [-0.2, -0.15) is 0 Å². The van der Waals surface area contributed by atoms with E-state index in [0.717, 1.165) is 12.8 Å². The molecule has 3 nitrogen and oxygen atoms in total. The molecule has 0 saturated heterocycles. The van der Waals surface area contributed by atoms with Gasteiger partial charge in [-0.3, -0.25) is 9.59 Å². The zero-order valence-electron chi connectivity index (χ0n) is 11.0. The smallest absolute Gasteiger partial charge is 0.303 e. The Bertz CT molecular complexity index is 406. The van der Waals surface area contributed by atoms with Crippen molar-refractivity contribution >= 4 is 11.8 Å². The second kappa shape index (κ2) is 6.94. The van der Waals surface area contributed by atoms with Crippen LogP contribution in [-0.2, 0) is 11.2 Å². The minimum absolute atomic E-state index is 0.0202. The molecular formula is C15H20O3. The quantitative estimate of drug-likeness (QED) is 0.753. The largest absolute Gasteiger partial charge is 0.481 e. The zero-order chi connectivity index (χ0) is 13.5. The summed E-state index contributed by atoms with van der Waals surface area (Å²) in [6.07, 6.45) is 2.44. The number of carboxylic acids is 1. The molecule has 0 saturated carbocycles. The number of carbonyl (C=O) groups is 2. The van der Waals surface area contributed by atoms with Gasteiger partial charge in [0.25, 0.3) is 0 Å². The van der Waals surface area contributed by atoms with Gasteiger partial charge in [-0.15, -0.1) is 0 Å². The maximum absolute atomic E-state index is 11.9. The molecule has 1 atom stereocenters. The lowest BCUT2D eigenvalue weighted by molar-refractivity contribution is -0.137. The summed E-state index contributed by atoms with van der Waals surface area (Å²) >= 11 is 0. The number of Topliss-reactive ketones (excluding diaryl/α,β-unsaturated/α-hetero) is 1. The standard InChI is InChI=1S/C15H20O3/c1-3-4-12-5-7-13(8-6-12)14(16)9-11(2)10-15(17)18/h5-8,11H,3-4,9-10H2,1-2H3,(H,17,18)/t11-/m1/s1. The van der Waals surface area contributed by atoms with Crippen LogP contribution in [0.2, 0.25) is 0 Å². The SMILES string of the molecule is CCCc1ccc(C(=O)C[C@@H](C)CC(=O)O)cc1. The average molecular weight is 248 g/mol. The van der Waals surface area contributed by atoms with E-state index in [2.05, 4.69) is 6.92 Å². The molecule has 0 aliphatic rings. The first-order valence-electron chi connectivity index (χ1n) is 6.36. The Morgan fingerprint density at radius 2 is 1.78 bits per heavy atom. The van der Waals surface area contributed by atoms with Crippen molar-refractivity contribution in [3.05, 3.63) is 35.4 Å². The number of aryl methyl sites for hydroxylation is 1. The number of hydrogen-bond acceptors (Lipinski definition) is 2. The molecule has 0 aromatic heterocycles. The molecule has 0 spiro atoms. The van der Waals surface area contributed by atoms with Crippen molar-refractivity contribution in [1.29, 1.82) is 0 Å². The minimum atomic E-state index is -0.853. The van der Waals surface area contributed by atoms with Gasteiger partial charge in [-0.25, -0.2) is 0 Å². The molecule has 0 aliphatic heterocycles. The highest BCUT2D eigenvalue weighted by Crippen LogP contribution is 2.14. The molecule has 1 N–H and O–H groups in total. The molecule has 0 radical (unpaired) electrons. The highest BCUT2D eigenvalue weighted by molar-refractivity contribution is 5.96. The lowest BCUT2D eigenvalue weighted by atomic mass is 9.96. The fraction of sp³-hybridized carbons (Fsp3) is 0.467. The second-order valence-electron chi connectivity index (χ2n) is 4.78. The topological polar surface area (TPSA) is 54.4 Å². The summed E-state index contributed by atoms with van der Waals surface area (Å²) in [5.74, 6) is -0.953. The molecule has 0 fully saturated rings. The summed E-state index contributed by atoms with van der Waals surface area (Å²) < 4.78 is 0. The van der Waals surface area contributed by atoms with E-state index in [0.29, 0.717) is 12.0 Å². The van der Waals surface area contributed by atoms with E-state index in [1.54, 1.807) is 6.92 Å². The van der Waals surface area contributed by atoms with Crippen molar-refractivity contribution in [1.82, 2.24) is 0 Å². The van der Waals surface area contributed by atoms with Crippen molar-refractivity contribution in [2.45, 2.75) is 39.5 Å². The molecule has 98 valence electrons. The molecule has 1 rings (SSSR count). The first-order chi connectivity index (χ1) is 8.52. The van der Waals surface area contributed by atoms with E-state index in [-0.39, 0.29) is 18.1 Å². The first-order valence-corrected chi connectivity index (χ1v) is 6.36. The zero-order valence-corrected chi connectivity index (χ0v) is 11.0. The molecular weight excluding hydrogens is 228 g/mol. The third-order valence-corrected chi connectivity index (χ3v) is 2.87. The van der Waals surface area contributed by atoms with Crippen molar-refractivity contribution in [2.75, 3.05) is 0 Å². The fourth-order valence-corrected chi connectivity index (χ4v) is 1.95. The molecule has 3 heteroatoms. The summed E-state index contributed by atoms with van der Waals surface area (Å²) in [6.45, 7) is 3.91. The van der Waals surface area contributed by atoms with Gasteiger partial charge in [0.05, 0.1) is 0 Å².